The minimum Gasteiger partial charge on any atom is -0.480 e. The van der Waals surface area contributed by atoms with E-state index in [9.17, 15) is 10.1 Å². The third kappa shape index (κ3) is 3.88. The Kier molecular flexibility index (Phi) is 5.18. The average Bonchev–Trinajstić information content (AvgIpc) is 2.64. The Balaban J connectivity index is 2.06. The lowest BCUT2D eigenvalue weighted by molar-refractivity contribution is -0.134. The number of nitrogens with one attached hydrogen (secondary N) is 1. The molecule has 0 aromatic carbocycles. The lowest BCUT2D eigenvalue weighted by atomic mass is 9.70. The van der Waals surface area contributed by atoms with Crippen LogP contribution in [0.15, 0.2) is 12.4 Å². The Morgan fingerprint density at radius 3 is 2.64 bits per heavy atom. The highest BCUT2D eigenvalue weighted by Gasteiger charge is 2.32. The number of hydrogen-bond donors (Lipinski definition) is 3. The van der Waals surface area contributed by atoms with Crippen LogP contribution in [0.4, 0.5) is 11.8 Å². The highest BCUT2D eigenvalue weighted by atomic mass is 16.4. The molecule has 0 spiro atoms. The Labute approximate surface area is 163 Å². The zero-order chi connectivity index (χ0) is 20.5. The second-order valence-corrected chi connectivity index (χ2v) is 8.13. The number of aliphatic carboxylic acids is 1. The number of hydrogen-bond acceptors (Lipinski definition) is 7. The summed E-state index contributed by atoms with van der Waals surface area (Å²) in [4.78, 5) is 23.6. The molecule has 8 heteroatoms. The van der Waals surface area contributed by atoms with Crippen LogP contribution < -0.4 is 11.1 Å². The predicted octanol–water partition coefficient (Wildman–Crippen LogP) is 2.64. The van der Waals surface area contributed by atoms with Crippen LogP contribution in [0.25, 0.3) is 11.1 Å². The van der Waals surface area contributed by atoms with E-state index >= 15 is 0 Å². The van der Waals surface area contributed by atoms with Gasteiger partial charge in [0, 0.05) is 29.2 Å². The monoisotopic (exact) mass is 380 g/mol. The molecule has 0 saturated heterocycles. The van der Waals surface area contributed by atoms with E-state index in [0.29, 0.717) is 17.0 Å². The van der Waals surface area contributed by atoms with Crippen molar-refractivity contribution in [2.45, 2.75) is 40.0 Å². The first kappa shape index (κ1) is 19.5. The van der Waals surface area contributed by atoms with E-state index in [2.05, 4.69) is 47.1 Å². The van der Waals surface area contributed by atoms with Crippen molar-refractivity contribution >= 4 is 17.7 Å². The molecule has 0 amide bonds. The van der Waals surface area contributed by atoms with Crippen molar-refractivity contribution in [3.8, 4) is 17.2 Å². The number of fused-ring (bicyclic) bond motifs is 1. The maximum Gasteiger partial charge on any atom is 0.322 e. The third-order valence-corrected chi connectivity index (χ3v) is 5.27. The molecule has 28 heavy (non-hydrogen) atoms. The predicted molar refractivity (Wildman–Crippen MR) is 105 cm³/mol. The van der Waals surface area contributed by atoms with Gasteiger partial charge in [0.05, 0.1) is 0 Å². The minimum atomic E-state index is -0.997. The zero-order valence-corrected chi connectivity index (χ0v) is 16.3. The van der Waals surface area contributed by atoms with Gasteiger partial charge in [-0.1, -0.05) is 20.8 Å². The SMILES string of the molecule is CC(C)(C)[C@@H]1CCc2nc(N)c(C#N)c(-c3cnc(NCC(=O)O)nc3)c2C1. The molecule has 0 aliphatic heterocycles. The number of carbonyl (C=O) groups is 1. The normalized spacial score (nSPS) is 16.1. The van der Waals surface area contributed by atoms with Gasteiger partial charge in [-0.05, 0) is 36.2 Å². The van der Waals surface area contributed by atoms with E-state index in [4.69, 9.17) is 10.8 Å². The molecular weight excluding hydrogens is 356 g/mol. The molecule has 146 valence electrons. The van der Waals surface area contributed by atoms with Gasteiger partial charge < -0.3 is 16.2 Å². The standard InChI is InChI=1S/C20H24N6O2/c1-20(2,3)12-4-5-15-13(6-12)17(14(7-21)18(22)26-15)11-8-23-19(24-9-11)25-10-16(27)28/h8-9,12H,4-6,10H2,1-3H3,(H2,22,26)(H,27,28)(H,23,24,25)/t12-/m1/s1. The fourth-order valence-corrected chi connectivity index (χ4v) is 3.65. The Bertz CT molecular complexity index is 941. The average molecular weight is 380 g/mol. The van der Waals surface area contributed by atoms with Crippen molar-refractivity contribution in [1.82, 2.24) is 15.0 Å². The lowest BCUT2D eigenvalue weighted by Crippen LogP contribution is -2.28. The van der Waals surface area contributed by atoms with Gasteiger partial charge in [-0.25, -0.2) is 15.0 Å². The van der Waals surface area contributed by atoms with Crippen LogP contribution in [-0.4, -0.2) is 32.6 Å². The van der Waals surface area contributed by atoms with Gasteiger partial charge in [-0.3, -0.25) is 4.79 Å². The summed E-state index contributed by atoms with van der Waals surface area (Å²) < 4.78 is 0. The Morgan fingerprint density at radius 1 is 1.39 bits per heavy atom. The fourth-order valence-electron chi connectivity index (χ4n) is 3.65. The third-order valence-electron chi connectivity index (χ3n) is 5.27. The molecular formula is C20H24N6O2. The molecule has 2 aromatic heterocycles. The van der Waals surface area contributed by atoms with Crippen LogP contribution in [0.5, 0.6) is 0 Å². The van der Waals surface area contributed by atoms with Crippen LogP contribution >= 0.6 is 0 Å². The molecule has 4 N–H and O–H groups in total. The number of nitrogens with two attached hydrogens (primary N) is 1. The number of pyridine rings is 1. The lowest BCUT2D eigenvalue weighted by Gasteiger charge is -2.35. The second-order valence-electron chi connectivity index (χ2n) is 8.13. The highest BCUT2D eigenvalue weighted by molar-refractivity contribution is 5.79. The van der Waals surface area contributed by atoms with Gasteiger partial charge in [0.2, 0.25) is 5.95 Å². The maximum atomic E-state index is 10.7. The van der Waals surface area contributed by atoms with Gasteiger partial charge in [-0.15, -0.1) is 0 Å². The highest BCUT2D eigenvalue weighted by Crippen LogP contribution is 2.42. The molecule has 0 saturated carbocycles. The molecule has 1 aliphatic rings. The number of aryl methyl sites for hydroxylation is 1. The van der Waals surface area contributed by atoms with Crippen LogP contribution in [0.3, 0.4) is 0 Å². The number of rotatable bonds is 4. The van der Waals surface area contributed by atoms with Crippen molar-refractivity contribution in [2.75, 3.05) is 17.6 Å². The molecule has 0 fully saturated rings. The molecule has 0 unspecified atom stereocenters. The second kappa shape index (κ2) is 7.43. The maximum absolute atomic E-state index is 10.7. The molecule has 0 bridgehead atoms. The summed E-state index contributed by atoms with van der Waals surface area (Å²) in [5, 5.41) is 21.1. The minimum absolute atomic E-state index is 0.143. The van der Waals surface area contributed by atoms with Crippen LogP contribution in [-0.2, 0) is 17.6 Å². The van der Waals surface area contributed by atoms with Gasteiger partial charge >= 0.3 is 5.97 Å². The van der Waals surface area contributed by atoms with Gasteiger partial charge in [0.15, 0.2) is 0 Å². The summed E-state index contributed by atoms with van der Waals surface area (Å²) in [5.74, 6) is -0.0940. The van der Waals surface area contributed by atoms with E-state index in [1.165, 1.54) is 0 Å². The Morgan fingerprint density at radius 2 is 2.07 bits per heavy atom. The van der Waals surface area contributed by atoms with Crippen molar-refractivity contribution in [3.63, 3.8) is 0 Å². The Hall–Kier alpha value is -3.21. The number of carboxylic acid groups (broad SMARTS) is 1. The fraction of sp³-hybridized carbons (Fsp3) is 0.450. The summed E-state index contributed by atoms with van der Waals surface area (Å²) in [6, 6.07) is 2.18. The summed E-state index contributed by atoms with van der Waals surface area (Å²) in [7, 11) is 0. The van der Waals surface area contributed by atoms with Crippen LogP contribution in [0.2, 0.25) is 0 Å². The topological polar surface area (TPSA) is 138 Å². The molecule has 8 nitrogen and oxygen atoms in total. The van der Waals surface area contributed by atoms with Crippen LogP contribution in [0, 0.1) is 22.7 Å². The van der Waals surface area contributed by atoms with Crippen LogP contribution in [0.1, 0.15) is 44.0 Å². The number of aromatic nitrogens is 3. The van der Waals surface area contributed by atoms with E-state index in [1.807, 2.05) is 0 Å². The van der Waals surface area contributed by atoms with Crippen molar-refractivity contribution in [1.29, 1.82) is 5.26 Å². The summed E-state index contributed by atoms with van der Waals surface area (Å²) in [6.45, 7) is 6.41. The van der Waals surface area contributed by atoms with Gasteiger partial charge in [-0.2, -0.15) is 5.26 Å². The van der Waals surface area contributed by atoms with Crippen molar-refractivity contribution in [2.24, 2.45) is 11.3 Å². The summed E-state index contributed by atoms with van der Waals surface area (Å²) >= 11 is 0. The quantitative estimate of drug-likeness (QED) is 0.736. The molecule has 2 aromatic rings. The first-order valence-corrected chi connectivity index (χ1v) is 9.20. The largest absolute Gasteiger partial charge is 0.480 e. The van der Waals surface area contributed by atoms with Gasteiger partial charge in [0.1, 0.15) is 24.0 Å². The summed E-state index contributed by atoms with van der Waals surface area (Å²) in [6.07, 6.45) is 5.85. The molecule has 3 rings (SSSR count). The van der Waals surface area contributed by atoms with Crippen molar-refractivity contribution < 1.29 is 9.90 Å². The number of anilines is 2. The summed E-state index contributed by atoms with van der Waals surface area (Å²) in [5.41, 5.74) is 9.93. The van der Waals surface area contributed by atoms with Gasteiger partial charge in [0.25, 0.3) is 0 Å². The first-order valence-electron chi connectivity index (χ1n) is 9.20. The smallest absolute Gasteiger partial charge is 0.322 e. The molecule has 1 aliphatic carbocycles. The van der Waals surface area contributed by atoms with E-state index in [0.717, 1.165) is 36.1 Å². The molecule has 1 atom stereocenters. The van der Waals surface area contributed by atoms with E-state index in [1.54, 1.807) is 12.4 Å². The number of nitrogens with zero attached hydrogens (tertiary/aromatic N) is 4. The first-order chi connectivity index (χ1) is 13.2. The number of nitrogen functional groups attached to an aromatic ring is 1. The van der Waals surface area contributed by atoms with E-state index < -0.39 is 5.97 Å². The van der Waals surface area contributed by atoms with E-state index in [-0.39, 0.29) is 23.7 Å². The van der Waals surface area contributed by atoms with Crippen molar-refractivity contribution in [3.05, 3.63) is 29.2 Å². The number of nitriles is 1. The number of carboxylic acids is 1. The molecule has 0 radical (unpaired) electrons. The molecule has 2 heterocycles. The zero-order valence-electron chi connectivity index (χ0n) is 16.3.